The minimum atomic E-state index is -0.473. The lowest BCUT2D eigenvalue weighted by Crippen LogP contribution is -2.52. The van der Waals surface area contributed by atoms with E-state index in [0.29, 0.717) is 43.1 Å². The van der Waals surface area contributed by atoms with Crippen molar-refractivity contribution in [3.05, 3.63) is 63.8 Å². The van der Waals surface area contributed by atoms with Gasteiger partial charge in [0.05, 0.1) is 18.0 Å². The molecule has 8 nitrogen and oxygen atoms in total. The van der Waals surface area contributed by atoms with Gasteiger partial charge in [0.1, 0.15) is 19.3 Å². The number of nitrogens with zero attached hydrogens (tertiary/aromatic N) is 4. The summed E-state index contributed by atoms with van der Waals surface area (Å²) in [7, 11) is 0. The first kappa shape index (κ1) is 16.7. The number of anilines is 1. The topological polar surface area (TPSA) is 90.8 Å². The lowest BCUT2D eigenvalue weighted by atomic mass is 10.1. The summed E-state index contributed by atoms with van der Waals surface area (Å²) in [6, 6.07) is 9.94. The summed E-state index contributed by atoms with van der Waals surface area (Å²) in [5.41, 5.74) is 0.700. The summed E-state index contributed by atoms with van der Waals surface area (Å²) in [4.78, 5) is 27.0. The van der Waals surface area contributed by atoms with E-state index in [0.717, 1.165) is 4.73 Å². The first-order valence-electron chi connectivity index (χ1n) is 7.97. The van der Waals surface area contributed by atoms with E-state index >= 15 is 0 Å². The smallest absolute Gasteiger partial charge is 0.316 e. The zero-order valence-corrected chi connectivity index (χ0v) is 13.8. The minimum absolute atomic E-state index is 0.0462. The Hall–Kier alpha value is -3.16. The summed E-state index contributed by atoms with van der Waals surface area (Å²) in [5.74, 6) is 0.465. The Morgan fingerprint density at radius 3 is 2.52 bits per heavy atom. The van der Waals surface area contributed by atoms with Gasteiger partial charge in [0.15, 0.2) is 0 Å². The number of carbonyl (C=O) groups excluding carboxylic acids is 1. The van der Waals surface area contributed by atoms with Crippen LogP contribution in [0.15, 0.2) is 42.6 Å². The van der Waals surface area contributed by atoms with Gasteiger partial charge in [-0.25, -0.2) is 0 Å². The van der Waals surface area contributed by atoms with Crippen LogP contribution in [0.1, 0.15) is 15.9 Å². The Balaban J connectivity index is 1.73. The lowest BCUT2D eigenvalue weighted by molar-refractivity contribution is -0.894. The zero-order chi connectivity index (χ0) is 18.0. The van der Waals surface area contributed by atoms with Gasteiger partial charge >= 0.3 is 5.82 Å². The van der Waals surface area contributed by atoms with Crippen molar-refractivity contribution in [1.29, 1.82) is 0 Å². The van der Waals surface area contributed by atoms with E-state index in [2.05, 4.69) is 0 Å². The van der Waals surface area contributed by atoms with Crippen LogP contribution >= 0.6 is 0 Å². The van der Waals surface area contributed by atoms with Crippen molar-refractivity contribution < 1.29 is 19.7 Å². The highest BCUT2D eigenvalue weighted by Gasteiger charge is 2.29. The molecule has 1 saturated heterocycles. The molecule has 1 fully saturated rings. The molecule has 8 heteroatoms. The van der Waals surface area contributed by atoms with E-state index in [1.165, 1.54) is 12.1 Å². The highest BCUT2D eigenvalue weighted by Crippen LogP contribution is 2.23. The molecular weight excluding hydrogens is 324 g/mol. The van der Waals surface area contributed by atoms with Crippen LogP contribution in [0, 0.1) is 17.0 Å². The maximum absolute atomic E-state index is 12.7. The largest absolute Gasteiger partial charge is 0.350 e. The van der Waals surface area contributed by atoms with E-state index in [1.807, 2.05) is 17.0 Å². The molecule has 130 valence electrons. The molecule has 1 amide bonds. The van der Waals surface area contributed by atoms with Crippen LogP contribution in [0.25, 0.3) is 0 Å². The highest BCUT2D eigenvalue weighted by molar-refractivity contribution is 5.96. The number of pyridine rings is 1. The van der Waals surface area contributed by atoms with Crippen LogP contribution in [0.2, 0.25) is 0 Å². The Morgan fingerprint density at radius 2 is 1.88 bits per heavy atom. The van der Waals surface area contributed by atoms with Crippen LogP contribution in [0.3, 0.4) is 0 Å². The molecule has 0 unspecified atom stereocenters. The lowest BCUT2D eigenvalue weighted by Gasteiger charge is -2.31. The Kier molecular flexibility index (Phi) is 4.51. The summed E-state index contributed by atoms with van der Waals surface area (Å²) in [6.07, 6.45) is 1.55. The fraction of sp³-hybridized carbons (Fsp3) is 0.294. The average molecular weight is 343 g/mol. The monoisotopic (exact) mass is 343 g/mol. The molecule has 0 saturated carbocycles. The molecule has 2 heterocycles. The first-order valence-corrected chi connectivity index (χ1v) is 7.97. The second-order valence-corrected chi connectivity index (χ2v) is 5.89. The maximum atomic E-state index is 12.7. The molecule has 1 aliphatic heterocycles. The summed E-state index contributed by atoms with van der Waals surface area (Å²) >= 11 is 0. The first-order chi connectivity index (χ1) is 12.0. The van der Waals surface area contributed by atoms with Crippen molar-refractivity contribution >= 4 is 17.4 Å². The van der Waals surface area contributed by atoms with Gasteiger partial charge in [0.25, 0.3) is 11.6 Å². The van der Waals surface area contributed by atoms with Crippen LogP contribution in [-0.4, -0.2) is 47.1 Å². The predicted molar refractivity (Wildman–Crippen MR) is 89.8 cm³/mol. The van der Waals surface area contributed by atoms with Gasteiger partial charge in [-0.05, 0) is 19.1 Å². The van der Waals surface area contributed by atoms with Crippen LogP contribution in [0.4, 0.5) is 11.5 Å². The van der Waals surface area contributed by atoms with Gasteiger partial charge < -0.3 is 10.1 Å². The fourth-order valence-corrected chi connectivity index (χ4v) is 3.04. The second-order valence-electron chi connectivity index (χ2n) is 5.89. The number of nitro benzene ring substituents is 1. The van der Waals surface area contributed by atoms with Crippen LogP contribution in [0.5, 0.6) is 0 Å². The zero-order valence-electron chi connectivity index (χ0n) is 13.8. The molecular formula is C17H19N4O4+. The fourth-order valence-electron chi connectivity index (χ4n) is 3.04. The number of rotatable bonds is 3. The normalized spacial score (nSPS) is 14.4. The quantitative estimate of drug-likeness (QED) is 0.394. The van der Waals surface area contributed by atoms with E-state index in [-0.39, 0.29) is 11.6 Å². The molecule has 25 heavy (non-hydrogen) atoms. The van der Waals surface area contributed by atoms with Gasteiger partial charge in [-0.1, -0.05) is 16.9 Å². The molecule has 0 radical (unpaired) electrons. The van der Waals surface area contributed by atoms with Crippen molar-refractivity contribution in [2.24, 2.45) is 0 Å². The summed E-state index contributed by atoms with van der Waals surface area (Å²) < 4.78 is 1.06. The van der Waals surface area contributed by atoms with Crippen molar-refractivity contribution in [2.45, 2.75) is 6.92 Å². The van der Waals surface area contributed by atoms with E-state index in [1.54, 1.807) is 30.2 Å². The number of amides is 1. The van der Waals surface area contributed by atoms with Gasteiger partial charge in [0.2, 0.25) is 0 Å². The van der Waals surface area contributed by atoms with Crippen LogP contribution < -0.4 is 9.63 Å². The molecule has 3 rings (SSSR count). The Labute approximate surface area is 144 Å². The molecule has 1 N–H and O–H groups in total. The van der Waals surface area contributed by atoms with Gasteiger partial charge in [-0.3, -0.25) is 19.8 Å². The van der Waals surface area contributed by atoms with Crippen molar-refractivity contribution in [3.63, 3.8) is 0 Å². The number of hydrogen-bond acceptors (Lipinski definition) is 5. The Bertz CT molecular complexity index is 816. The molecule has 0 bridgehead atoms. The highest BCUT2D eigenvalue weighted by atomic mass is 16.6. The second kappa shape index (κ2) is 6.76. The number of carbonyl (C=O) groups is 1. The molecule has 1 aromatic carbocycles. The van der Waals surface area contributed by atoms with Crippen molar-refractivity contribution in [2.75, 3.05) is 31.1 Å². The molecule has 1 aliphatic rings. The minimum Gasteiger partial charge on any atom is -0.350 e. The van der Waals surface area contributed by atoms with Crippen molar-refractivity contribution in [3.8, 4) is 0 Å². The SMILES string of the molecule is Cc1c(C(=O)N2CCN(c3cccc[n+]3O)CC2)cccc1[N+](=O)[O-]. The van der Waals surface area contributed by atoms with Gasteiger partial charge in [0, 0.05) is 23.3 Å². The average Bonchev–Trinajstić information content (AvgIpc) is 2.62. The molecule has 2 aromatic rings. The molecule has 0 atom stereocenters. The van der Waals surface area contributed by atoms with Gasteiger partial charge in [-0.15, -0.1) is 0 Å². The summed E-state index contributed by atoms with van der Waals surface area (Å²) in [6.45, 7) is 3.71. The molecule has 0 aliphatic carbocycles. The molecule has 1 aromatic heterocycles. The standard InChI is InChI=1S/C17H19N4O4/c1-13-14(5-4-6-15(13)21(24)25)17(22)19-11-9-18(10-12-19)16-7-2-3-8-20(16)23/h2-8,23H,9-12H2,1H3/q+1. The molecule has 0 spiro atoms. The van der Waals surface area contributed by atoms with Crippen molar-refractivity contribution in [1.82, 2.24) is 4.90 Å². The number of benzene rings is 1. The Morgan fingerprint density at radius 1 is 1.16 bits per heavy atom. The number of aromatic nitrogens is 1. The van der Waals surface area contributed by atoms with E-state index in [4.69, 9.17) is 0 Å². The predicted octanol–water partition coefficient (Wildman–Crippen LogP) is 1.39. The van der Waals surface area contributed by atoms with Gasteiger partial charge in [-0.2, -0.15) is 0 Å². The third kappa shape index (κ3) is 3.23. The third-order valence-electron chi connectivity index (χ3n) is 4.44. The van der Waals surface area contributed by atoms with Crippen LogP contribution in [-0.2, 0) is 0 Å². The number of nitro groups is 1. The van der Waals surface area contributed by atoms with E-state index in [9.17, 15) is 20.1 Å². The maximum Gasteiger partial charge on any atom is 0.316 e. The number of hydrogen-bond donors (Lipinski definition) is 1. The summed E-state index contributed by atoms with van der Waals surface area (Å²) in [5, 5.41) is 20.9. The third-order valence-corrected chi connectivity index (χ3v) is 4.44. The number of piperazine rings is 1. The van der Waals surface area contributed by atoms with E-state index < -0.39 is 4.92 Å².